The first kappa shape index (κ1) is 12.2. The average molecular weight is 211 g/mol. The Bertz CT molecular complexity index is 333. The number of hydrogen-bond donors (Lipinski definition) is 2. The molecule has 2 unspecified atom stereocenters. The zero-order valence-electron chi connectivity index (χ0n) is 9.99. The molecule has 15 heavy (non-hydrogen) atoms. The van der Waals surface area contributed by atoms with E-state index in [0.29, 0.717) is 0 Å². The van der Waals surface area contributed by atoms with E-state index in [0.717, 1.165) is 17.8 Å². The van der Waals surface area contributed by atoms with Gasteiger partial charge >= 0.3 is 0 Å². The molecule has 0 spiro atoms. The van der Waals surface area contributed by atoms with Gasteiger partial charge in [0.05, 0.1) is 18.3 Å². The van der Waals surface area contributed by atoms with Gasteiger partial charge in [0.15, 0.2) is 0 Å². The van der Waals surface area contributed by atoms with Crippen molar-refractivity contribution in [2.24, 2.45) is 5.73 Å². The Kier molecular flexibility index (Phi) is 3.88. The van der Waals surface area contributed by atoms with Crippen molar-refractivity contribution in [2.45, 2.75) is 46.2 Å². The molecule has 1 aromatic rings. The van der Waals surface area contributed by atoms with Crippen LogP contribution in [0.2, 0.25) is 0 Å². The van der Waals surface area contributed by atoms with Gasteiger partial charge < -0.3 is 10.8 Å². The lowest BCUT2D eigenvalue weighted by Crippen LogP contribution is -2.35. The molecule has 86 valence electrons. The monoisotopic (exact) mass is 211 g/mol. The lowest BCUT2D eigenvalue weighted by atomic mass is 10.1. The van der Waals surface area contributed by atoms with Crippen molar-refractivity contribution in [1.29, 1.82) is 0 Å². The Balaban J connectivity index is 3.07. The molecular weight excluding hydrogens is 190 g/mol. The summed E-state index contributed by atoms with van der Waals surface area (Å²) in [6.45, 7) is 8.09. The molecule has 0 aliphatic heterocycles. The number of nitrogens with two attached hydrogens (primary N) is 1. The fraction of sp³-hybridized carbons (Fsp3) is 0.727. The first-order chi connectivity index (χ1) is 7.02. The van der Waals surface area contributed by atoms with Crippen molar-refractivity contribution < 1.29 is 5.11 Å². The van der Waals surface area contributed by atoms with E-state index < -0.39 is 0 Å². The first-order valence-electron chi connectivity index (χ1n) is 5.41. The van der Waals surface area contributed by atoms with Gasteiger partial charge in [0.2, 0.25) is 0 Å². The maximum Gasteiger partial charge on any atom is 0.0903 e. The maximum absolute atomic E-state index is 9.36. The number of nitrogens with zero attached hydrogens (tertiary/aromatic N) is 2. The summed E-state index contributed by atoms with van der Waals surface area (Å²) in [7, 11) is 0. The highest BCUT2D eigenvalue weighted by atomic mass is 16.3. The van der Waals surface area contributed by atoms with E-state index in [1.54, 1.807) is 0 Å². The second-order valence-corrected chi connectivity index (χ2v) is 4.06. The van der Waals surface area contributed by atoms with E-state index >= 15 is 0 Å². The Hall–Kier alpha value is -0.870. The van der Waals surface area contributed by atoms with Crippen LogP contribution < -0.4 is 5.73 Å². The van der Waals surface area contributed by atoms with Crippen LogP contribution in [0.25, 0.3) is 0 Å². The first-order valence-corrected chi connectivity index (χ1v) is 5.41. The van der Waals surface area contributed by atoms with Gasteiger partial charge in [-0.1, -0.05) is 6.92 Å². The van der Waals surface area contributed by atoms with Crippen LogP contribution >= 0.6 is 0 Å². The highest BCUT2D eigenvalue weighted by Gasteiger charge is 2.21. The summed E-state index contributed by atoms with van der Waals surface area (Å²) in [5.41, 5.74) is 9.25. The van der Waals surface area contributed by atoms with Crippen LogP contribution in [0, 0.1) is 20.8 Å². The summed E-state index contributed by atoms with van der Waals surface area (Å²) in [5, 5.41) is 13.8. The van der Waals surface area contributed by atoms with E-state index in [-0.39, 0.29) is 18.7 Å². The Morgan fingerprint density at radius 2 is 2.00 bits per heavy atom. The van der Waals surface area contributed by atoms with Gasteiger partial charge in [0.1, 0.15) is 0 Å². The van der Waals surface area contributed by atoms with Crippen molar-refractivity contribution in [2.75, 3.05) is 6.61 Å². The van der Waals surface area contributed by atoms with Crippen LogP contribution in [0.4, 0.5) is 0 Å². The molecule has 0 saturated carbocycles. The Morgan fingerprint density at radius 1 is 1.40 bits per heavy atom. The minimum Gasteiger partial charge on any atom is -0.394 e. The molecule has 0 aliphatic carbocycles. The van der Waals surface area contributed by atoms with E-state index in [9.17, 15) is 5.11 Å². The maximum atomic E-state index is 9.36. The van der Waals surface area contributed by atoms with Crippen molar-refractivity contribution in [3.63, 3.8) is 0 Å². The third-order valence-corrected chi connectivity index (χ3v) is 3.15. The highest BCUT2D eigenvalue weighted by molar-refractivity contribution is 5.22. The minimum atomic E-state index is -0.109. The van der Waals surface area contributed by atoms with Crippen LogP contribution in [0.1, 0.15) is 36.3 Å². The third-order valence-electron chi connectivity index (χ3n) is 3.15. The van der Waals surface area contributed by atoms with Crippen LogP contribution in [0.3, 0.4) is 0 Å². The van der Waals surface area contributed by atoms with Crippen molar-refractivity contribution in [3.05, 3.63) is 17.0 Å². The zero-order valence-corrected chi connectivity index (χ0v) is 9.99. The lowest BCUT2D eigenvalue weighted by Gasteiger charge is -2.22. The highest BCUT2D eigenvalue weighted by Crippen LogP contribution is 2.19. The third kappa shape index (κ3) is 2.21. The molecule has 0 radical (unpaired) electrons. The predicted octanol–water partition coefficient (Wildman–Crippen LogP) is 1.08. The number of rotatable bonds is 4. The number of aliphatic hydroxyl groups excluding tert-OH is 1. The summed E-state index contributed by atoms with van der Waals surface area (Å²) in [4.78, 5) is 0. The molecule has 1 rings (SSSR count). The van der Waals surface area contributed by atoms with Gasteiger partial charge in [0.25, 0.3) is 0 Å². The second-order valence-electron chi connectivity index (χ2n) is 4.06. The van der Waals surface area contributed by atoms with Crippen LogP contribution in [0.5, 0.6) is 0 Å². The predicted molar refractivity (Wildman–Crippen MR) is 60.8 cm³/mol. The summed E-state index contributed by atoms with van der Waals surface area (Å²) in [6, 6.07) is -0.158. The fourth-order valence-electron chi connectivity index (χ4n) is 1.73. The van der Waals surface area contributed by atoms with Gasteiger partial charge in [-0.3, -0.25) is 4.68 Å². The molecule has 1 heterocycles. The zero-order chi connectivity index (χ0) is 11.6. The molecule has 0 amide bonds. The molecule has 3 N–H and O–H groups in total. The number of aromatic nitrogens is 2. The van der Waals surface area contributed by atoms with Gasteiger partial charge in [-0.2, -0.15) is 5.10 Å². The molecule has 0 aromatic carbocycles. The van der Waals surface area contributed by atoms with Gasteiger partial charge in [-0.25, -0.2) is 0 Å². The number of hydrogen-bond acceptors (Lipinski definition) is 3. The van der Waals surface area contributed by atoms with Crippen LogP contribution in [-0.4, -0.2) is 27.5 Å². The molecule has 0 aliphatic rings. The van der Waals surface area contributed by atoms with Crippen LogP contribution in [-0.2, 0) is 0 Å². The summed E-state index contributed by atoms with van der Waals surface area (Å²) >= 11 is 0. The smallest absolute Gasteiger partial charge is 0.0903 e. The molecule has 4 heteroatoms. The topological polar surface area (TPSA) is 64.1 Å². The Morgan fingerprint density at radius 3 is 2.33 bits per heavy atom. The second kappa shape index (κ2) is 4.77. The molecule has 0 fully saturated rings. The molecule has 2 atom stereocenters. The van der Waals surface area contributed by atoms with Crippen LogP contribution in [0.15, 0.2) is 0 Å². The summed E-state index contributed by atoms with van der Waals surface area (Å²) in [5.74, 6) is 0. The van der Waals surface area contributed by atoms with E-state index in [2.05, 4.69) is 5.10 Å². The largest absolute Gasteiger partial charge is 0.394 e. The van der Waals surface area contributed by atoms with Crippen molar-refractivity contribution >= 4 is 0 Å². The SMILES string of the molecule is CCC(N)C(CO)n1nc(C)c(C)c1C. The molecule has 0 bridgehead atoms. The Labute approximate surface area is 91.1 Å². The van der Waals surface area contributed by atoms with Crippen molar-refractivity contribution in [3.8, 4) is 0 Å². The van der Waals surface area contributed by atoms with E-state index in [1.165, 1.54) is 5.56 Å². The van der Waals surface area contributed by atoms with Gasteiger partial charge in [-0.05, 0) is 32.8 Å². The fourth-order valence-corrected chi connectivity index (χ4v) is 1.73. The normalized spacial score (nSPS) is 15.3. The quantitative estimate of drug-likeness (QED) is 0.783. The number of aryl methyl sites for hydroxylation is 1. The molecular formula is C11H21N3O. The van der Waals surface area contributed by atoms with E-state index in [4.69, 9.17) is 5.73 Å². The lowest BCUT2D eigenvalue weighted by molar-refractivity contribution is 0.192. The van der Waals surface area contributed by atoms with Crippen molar-refractivity contribution in [1.82, 2.24) is 9.78 Å². The standard InChI is InChI=1S/C11H21N3O/c1-5-10(12)11(6-15)14-9(4)7(2)8(3)13-14/h10-11,15H,5-6,12H2,1-4H3. The number of aliphatic hydroxyl groups is 1. The average Bonchev–Trinajstić information content (AvgIpc) is 2.47. The summed E-state index contributed by atoms with van der Waals surface area (Å²) in [6.07, 6.45) is 0.836. The summed E-state index contributed by atoms with van der Waals surface area (Å²) < 4.78 is 1.86. The van der Waals surface area contributed by atoms with Gasteiger partial charge in [0, 0.05) is 11.7 Å². The van der Waals surface area contributed by atoms with Gasteiger partial charge in [-0.15, -0.1) is 0 Å². The molecule has 4 nitrogen and oxygen atoms in total. The van der Waals surface area contributed by atoms with E-state index in [1.807, 2.05) is 32.4 Å². The molecule has 0 saturated heterocycles. The molecule has 1 aromatic heterocycles. The minimum absolute atomic E-state index is 0.0381.